The van der Waals surface area contributed by atoms with Crippen LogP contribution in [0.2, 0.25) is 0 Å². The summed E-state index contributed by atoms with van der Waals surface area (Å²) in [7, 11) is 2.10. The number of carbonyl (C=O) groups is 1. The van der Waals surface area contributed by atoms with Gasteiger partial charge in [0.25, 0.3) is 5.91 Å². The molecule has 4 heterocycles. The molecule has 41 heavy (non-hydrogen) atoms. The van der Waals surface area contributed by atoms with Crippen molar-refractivity contribution in [1.29, 1.82) is 0 Å². The summed E-state index contributed by atoms with van der Waals surface area (Å²) in [5, 5.41) is 11.2. The second-order valence-electron chi connectivity index (χ2n) is 10.5. The Balaban J connectivity index is 1.44. The highest BCUT2D eigenvalue weighted by molar-refractivity contribution is 5.94. The van der Waals surface area contributed by atoms with Crippen LogP contribution < -0.4 is 10.6 Å². The number of nitrogens with one attached hydrogen (secondary N) is 2. The number of likely N-dealkylation sites (tertiary alicyclic amines) is 1. The maximum absolute atomic E-state index is 13.6. The quantitative estimate of drug-likeness (QED) is 0.436. The van der Waals surface area contributed by atoms with Crippen LogP contribution in [0.1, 0.15) is 28.9 Å². The number of anilines is 1. The van der Waals surface area contributed by atoms with E-state index in [1.165, 1.54) is 10.8 Å². The lowest BCUT2D eigenvalue weighted by Crippen LogP contribution is -2.45. The number of halogens is 3. The van der Waals surface area contributed by atoms with Gasteiger partial charge in [0.2, 0.25) is 0 Å². The second-order valence-corrected chi connectivity index (χ2v) is 10.5. The van der Waals surface area contributed by atoms with Gasteiger partial charge in [-0.1, -0.05) is 12.0 Å². The Hall–Kier alpha value is -3.53. The SMILES string of the molecule is CN1CCC2Nc3cccc4c3cc(n4CC(F)(F)F)C#CCNC(=O)c3cnn(c3)CCOCCOCCC2C1. The van der Waals surface area contributed by atoms with Crippen molar-refractivity contribution in [3.05, 3.63) is 47.9 Å². The van der Waals surface area contributed by atoms with Crippen LogP contribution in [0.4, 0.5) is 18.9 Å². The number of nitrogens with zero attached hydrogens (tertiary/aromatic N) is 4. The van der Waals surface area contributed by atoms with E-state index < -0.39 is 12.7 Å². The Labute approximate surface area is 236 Å². The van der Waals surface area contributed by atoms with Crippen molar-refractivity contribution in [3.63, 3.8) is 0 Å². The summed E-state index contributed by atoms with van der Waals surface area (Å²) < 4.78 is 55.2. The molecule has 1 amide bonds. The van der Waals surface area contributed by atoms with Crippen LogP contribution >= 0.6 is 0 Å². The molecule has 2 aliphatic heterocycles. The minimum absolute atomic E-state index is 0.0248. The van der Waals surface area contributed by atoms with E-state index in [1.807, 2.05) is 6.07 Å². The number of aromatic nitrogens is 3. The van der Waals surface area contributed by atoms with Crippen molar-refractivity contribution in [2.24, 2.45) is 5.92 Å². The molecule has 3 aromatic rings. The van der Waals surface area contributed by atoms with Crippen LogP contribution in [0, 0.1) is 17.8 Å². The lowest BCUT2D eigenvalue weighted by atomic mass is 9.89. The van der Waals surface area contributed by atoms with Gasteiger partial charge in [-0.05, 0) is 56.5 Å². The molecule has 2 aromatic heterocycles. The maximum atomic E-state index is 13.6. The summed E-state index contributed by atoms with van der Waals surface area (Å²) in [4.78, 5) is 14.8. The molecule has 9 nitrogen and oxygen atoms in total. The predicted octanol–water partition coefficient (Wildman–Crippen LogP) is 3.35. The number of fused-ring (bicyclic) bond motifs is 4. The molecule has 1 saturated heterocycles. The third-order valence-electron chi connectivity index (χ3n) is 7.48. The Kier molecular flexibility index (Phi) is 9.17. The molecule has 0 radical (unpaired) electrons. The molecule has 5 rings (SSSR count). The van der Waals surface area contributed by atoms with Gasteiger partial charge in [0.1, 0.15) is 6.54 Å². The van der Waals surface area contributed by atoms with E-state index >= 15 is 0 Å². The van der Waals surface area contributed by atoms with Gasteiger partial charge in [-0.3, -0.25) is 9.48 Å². The number of benzene rings is 1. The first-order valence-electron chi connectivity index (χ1n) is 13.9. The van der Waals surface area contributed by atoms with Crippen molar-refractivity contribution in [1.82, 2.24) is 24.6 Å². The summed E-state index contributed by atoms with van der Waals surface area (Å²) in [6.45, 7) is 3.08. The van der Waals surface area contributed by atoms with Crippen molar-refractivity contribution in [2.45, 2.75) is 38.1 Å². The number of alkyl halides is 3. The van der Waals surface area contributed by atoms with Crippen LogP contribution in [-0.2, 0) is 22.6 Å². The van der Waals surface area contributed by atoms with E-state index in [0.29, 0.717) is 55.4 Å². The van der Waals surface area contributed by atoms with Gasteiger partial charge in [-0.2, -0.15) is 18.3 Å². The molecule has 0 saturated carbocycles. The Morgan fingerprint density at radius 2 is 1.95 bits per heavy atom. The van der Waals surface area contributed by atoms with E-state index in [0.717, 1.165) is 31.6 Å². The molecule has 0 aliphatic carbocycles. The summed E-state index contributed by atoms with van der Waals surface area (Å²) >= 11 is 0. The molecule has 12 heteroatoms. The van der Waals surface area contributed by atoms with E-state index in [-0.39, 0.29) is 24.2 Å². The number of hydrogen-bond donors (Lipinski definition) is 2. The topological polar surface area (TPSA) is 85.6 Å². The third kappa shape index (κ3) is 7.61. The molecule has 220 valence electrons. The summed E-state index contributed by atoms with van der Waals surface area (Å²) in [5.74, 6) is 5.61. The maximum Gasteiger partial charge on any atom is 0.406 e. The molecule has 1 aromatic carbocycles. The average molecular weight is 573 g/mol. The zero-order chi connectivity index (χ0) is 28.8. The molecule has 2 unspecified atom stereocenters. The molecular formula is C29H35F3N6O3. The van der Waals surface area contributed by atoms with Crippen molar-refractivity contribution in [3.8, 4) is 11.8 Å². The highest BCUT2D eigenvalue weighted by Crippen LogP contribution is 2.32. The fraction of sp³-hybridized carbons (Fsp3) is 0.517. The van der Waals surface area contributed by atoms with E-state index in [1.54, 1.807) is 29.1 Å². The van der Waals surface area contributed by atoms with Gasteiger partial charge in [0.05, 0.1) is 55.9 Å². The summed E-state index contributed by atoms with van der Waals surface area (Å²) in [6.07, 6.45) is 0.403. The zero-order valence-corrected chi connectivity index (χ0v) is 23.0. The number of ether oxygens (including phenoxy) is 2. The van der Waals surface area contributed by atoms with Crippen molar-refractivity contribution >= 4 is 22.5 Å². The van der Waals surface area contributed by atoms with Gasteiger partial charge < -0.3 is 29.6 Å². The largest absolute Gasteiger partial charge is 0.406 e. The van der Waals surface area contributed by atoms with Gasteiger partial charge in [-0.25, -0.2) is 0 Å². The van der Waals surface area contributed by atoms with E-state index in [4.69, 9.17) is 9.47 Å². The van der Waals surface area contributed by atoms with Gasteiger partial charge in [0, 0.05) is 36.5 Å². The van der Waals surface area contributed by atoms with E-state index in [2.05, 4.69) is 39.5 Å². The first kappa shape index (κ1) is 29.0. The molecule has 4 bridgehead atoms. The van der Waals surface area contributed by atoms with Gasteiger partial charge in [-0.15, -0.1) is 0 Å². The minimum Gasteiger partial charge on any atom is -0.381 e. The molecule has 1 fully saturated rings. The van der Waals surface area contributed by atoms with Gasteiger partial charge in [0.15, 0.2) is 0 Å². The first-order valence-corrected chi connectivity index (χ1v) is 13.9. The normalized spacial score (nSPS) is 21.9. The molecule has 2 N–H and O–H groups in total. The number of hydrogen-bond acceptors (Lipinski definition) is 6. The zero-order valence-electron chi connectivity index (χ0n) is 23.0. The molecule has 2 aliphatic rings. The number of amides is 1. The lowest BCUT2D eigenvalue weighted by Gasteiger charge is -2.38. The smallest absolute Gasteiger partial charge is 0.381 e. The summed E-state index contributed by atoms with van der Waals surface area (Å²) in [5.41, 5.74) is 1.84. The van der Waals surface area contributed by atoms with Crippen LogP contribution in [-0.4, -0.2) is 90.5 Å². The van der Waals surface area contributed by atoms with Crippen molar-refractivity contribution in [2.75, 3.05) is 58.4 Å². The molecule has 0 spiro atoms. The average Bonchev–Trinajstić information content (AvgIpc) is 3.54. The van der Waals surface area contributed by atoms with Gasteiger partial charge >= 0.3 is 6.18 Å². The van der Waals surface area contributed by atoms with Crippen LogP contribution in [0.15, 0.2) is 36.7 Å². The molecular weight excluding hydrogens is 537 g/mol. The highest BCUT2D eigenvalue weighted by Gasteiger charge is 2.31. The predicted molar refractivity (Wildman–Crippen MR) is 149 cm³/mol. The number of piperidine rings is 1. The minimum atomic E-state index is -4.42. The Morgan fingerprint density at radius 3 is 2.78 bits per heavy atom. The first-order chi connectivity index (χ1) is 19.8. The monoisotopic (exact) mass is 572 g/mol. The third-order valence-corrected chi connectivity index (χ3v) is 7.48. The van der Waals surface area contributed by atoms with Crippen LogP contribution in [0.3, 0.4) is 0 Å². The Bertz CT molecular complexity index is 1410. The van der Waals surface area contributed by atoms with Crippen molar-refractivity contribution < 1.29 is 27.4 Å². The fourth-order valence-corrected chi connectivity index (χ4v) is 5.44. The van der Waals surface area contributed by atoms with Crippen LogP contribution in [0.25, 0.3) is 10.9 Å². The second kappa shape index (κ2) is 13.0. The Morgan fingerprint density at radius 1 is 1.12 bits per heavy atom. The standard InChI is InChI=1S/C29H35F3N6O3/c1-36-10-7-25-21(18-36)8-12-40-14-15-41-13-11-37-19-22(17-34-37)28(39)33-9-3-4-23-16-24-26(35-25)5-2-6-27(24)38(23)20-29(30,31)32/h2,5-6,16-17,19,21,25,35H,7-15,18,20H2,1H3,(H,33,39). The summed E-state index contributed by atoms with van der Waals surface area (Å²) in [6, 6.07) is 7.20. The number of rotatable bonds is 1. The number of carbonyl (C=O) groups excluding carboxylic acids is 1. The lowest BCUT2D eigenvalue weighted by molar-refractivity contribution is -0.140. The fourth-order valence-electron chi connectivity index (χ4n) is 5.44. The van der Waals surface area contributed by atoms with Crippen LogP contribution in [0.5, 0.6) is 0 Å². The highest BCUT2D eigenvalue weighted by atomic mass is 19.4. The molecule has 2 atom stereocenters. The van der Waals surface area contributed by atoms with E-state index in [9.17, 15) is 18.0 Å².